The van der Waals surface area contributed by atoms with Crippen LogP contribution in [0.2, 0.25) is 10.2 Å². The highest BCUT2D eigenvalue weighted by Crippen LogP contribution is 2.21. The van der Waals surface area contributed by atoms with Crippen LogP contribution in [-0.2, 0) is 9.53 Å². The van der Waals surface area contributed by atoms with E-state index in [0.29, 0.717) is 11.6 Å². The molecule has 2 aromatic rings. The summed E-state index contributed by atoms with van der Waals surface area (Å²) in [5.74, 6) is -0.730. The lowest BCUT2D eigenvalue weighted by atomic mass is 10.0. The lowest BCUT2D eigenvalue weighted by Crippen LogP contribution is -2.30. The van der Waals surface area contributed by atoms with E-state index in [1.807, 2.05) is 24.3 Å². The van der Waals surface area contributed by atoms with E-state index in [-0.39, 0.29) is 15.7 Å². The van der Waals surface area contributed by atoms with Crippen LogP contribution >= 0.6 is 23.2 Å². The Morgan fingerprint density at radius 1 is 1.12 bits per heavy atom. The highest BCUT2D eigenvalue weighted by Gasteiger charge is 2.20. The van der Waals surface area contributed by atoms with E-state index in [0.717, 1.165) is 0 Å². The Labute approximate surface area is 156 Å². The van der Waals surface area contributed by atoms with Gasteiger partial charge in [0.1, 0.15) is 5.15 Å². The first-order chi connectivity index (χ1) is 11.8. The van der Waals surface area contributed by atoms with Crippen LogP contribution in [0.1, 0.15) is 42.6 Å². The second-order valence-corrected chi connectivity index (χ2v) is 6.58. The van der Waals surface area contributed by atoms with E-state index in [4.69, 9.17) is 27.9 Å². The van der Waals surface area contributed by atoms with E-state index in [9.17, 15) is 9.59 Å². The first-order valence-corrected chi connectivity index (χ1v) is 8.46. The molecular weight excluding hydrogens is 363 g/mol. The lowest BCUT2D eigenvalue weighted by Gasteiger charge is -2.14. The molecule has 0 aliphatic heterocycles. The molecule has 25 heavy (non-hydrogen) atoms. The molecule has 0 aliphatic rings. The summed E-state index contributed by atoms with van der Waals surface area (Å²) in [5, 5.41) is 2.94. The van der Waals surface area contributed by atoms with Crippen LogP contribution < -0.4 is 5.32 Å². The quantitative estimate of drug-likeness (QED) is 0.602. The van der Waals surface area contributed by atoms with Gasteiger partial charge in [0.25, 0.3) is 5.91 Å². The smallest absolute Gasteiger partial charge is 0.340 e. The number of benzene rings is 1. The van der Waals surface area contributed by atoms with Crippen LogP contribution in [0.3, 0.4) is 0 Å². The standard InChI is InChI=1S/C18H18Cl2N2O3/c1-10(2)12-4-6-14(7-5-12)22-17(23)11(3)25-18(24)13-8-15(19)16(20)21-9-13/h4-11H,1-3H3,(H,22,23)/t11-/m0/s1. The lowest BCUT2D eigenvalue weighted by molar-refractivity contribution is -0.123. The molecule has 1 atom stereocenters. The molecule has 5 nitrogen and oxygen atoms in total. The predicted molar refractivity (Wildman–Crippen MR) is 98.3 cm³/mol. The number of pyridine rings is 1. The monoisotopic (exact) mass is 380 g/mol. The summed E-state index contributed by atoms with van der Waals surface area (Å²) in [6, 6.07) is 8.85. The Kier molecular flexibility index (Phi) is 6.39. The van der Waals surface area contributed by atoms with Gasteiger partial charge in [-0.1, -0.05) is 49.2 Å². The number of aromatic nitrogens is 1. The van der Waals surface area contributed by atoms with Gasteiger partial charge in [0.2, 0.25) is 0 Å². The van der Waals surface area contributed by atoms with Gasteiger partial charge in [0, 0.05) is 11.9 Å². The van der Waals surface area contributed by atoms with Gasteiger partial charge in [-0.3, -0.25) is 4.79 Å². The van der Waals surface area contributed by atoms with E-state index in [1.54, 1.807) is 0 Å². The van der Waals surface area contributed by atoms with Gasteiger partial charge in [0.15, 0.2) is 6.10 Å². The molecule has 2 rings (SSSR count). The molecule has 1 aromatic heterocycles. The number of rotatable bonds is 5. The van der Waals surface area contributed by atoms with Gasteiger partial charge in [-0.05, 0) is 36.6 Å². The maximum atomic E-state index is 12.2. The molecule has 1 aromatic carbocycles. The van der Waals surface area contributed by atoms with E-state index in [1.165, 1.54) is 24.8 Å². The predicted octanol–water partition coefficient (Wildman–Crippen LogP) is 4.70. The summed E-state index contributed by atoms with van der Waals surface area (Å²) >= 11 is 11.5. The molecule has 1 amide bonds. The molecule has 1 N–H and O–H groups in total. The number of anilines is 1. The largest absolute Gasteiger partial charge is 0.449 e. The van der Waals surface area contributed by atoms with Gasteiger partial charge in [0.05, 0.1) is 10.6 Å². The molecule has 1 heterocycles. The van der Waals surface area contributed by atoms with Gasteiger partial charge < -0.3 is 10.1 Å². The average molecular weight is 381 g/mol. The minimum absolute atomic E-state index is 0.0915. The van der Waals surface area contributed by atoms with Crippen LogP contribution in [0, 0.1) is 0 Å². The SMILES string of the molecule is CC(C)c1ccc(NC(=O)[C@H](C)OC(=O)c2cnc(Cl)c(Cl)c2)cc1. The van der Waals surface area contributed by atoms with E-state index < -0.39 is 18.0 Å². The summed E-state index contributed by atoms with van der Waals surface area (Å²) < 4.78 is 5.13. The zero-order valence-corrected chi connectivity index (χ0v) is 15.6. The molecule has 0 saturated heterocycles. The fraction of sp³-hybridized carbons (Fsp3) is 0.278. The first-order valence-electron chi connectivity index (χ1n) is 7.70. The summed E-state index contributed by atoms with van der Waals surface area (Å²) in [5.41, 5.74) is 1.92. The minimum atomic E-state index is -0.980. The molecule has 0 unspecified atom stereocenters. The Morgan fingerprint density at radius 2 is 1.76 bits per heavy atom. The number of hydrogen-bond acceptors (Lipinski definition) is 4. The van der Waals surface area contributed by atoms with Crippen LogP contribution in [0.5, 0.6) is 0 Å². The number of nitrogens with one attached hydrogen (secondary N) is 1. The molecule has 0 spiro atoms. The number of esters is 1. The van der Waals surface area contributed by atoms with Crippen molar-refractivity contribution in [2.75, 3.05) is 5.32 Å². The van der Waals surface area contributed by atoms with Crippen molar-refractivity contribution in [2.45, 2.75) is 32.8 Å². The van der Waals surface area contributed by atoms with E-state index in [2.05, 4.69) is 24.1 Å². The Bertz CT molecular complexity index is 776. The average Bonchev–Trinajstić information content (AvgIpc) is 2.57. The molecule has 7 heteroatoms. The van der Waals surface area contributed by atoms with Gasteiger partial charge >= 0.3 is 5.97 Å². The third-order valence-corrected chi connectivity index (χ3v) is 4.22. The summed E-state index contributed by atoms with van der Waals surface area (Å²) in [6.45, 7) is 5.67. The van der Waals surface area contributed by atoms with E-state index >= 15 is 0 Å². The number of amides is 1. The molecular formula is C18H18Cl2N2O3. The zero-order valence-electron chi connectivity index (χ0n) is 14.0. The highest BCUT2D eigenvalue weighted by atomic mass is 35.5. The van der Waals surface area contributed by atoms with Crippen LogP contribution in [0.4, 0.5) is 5.69 Å². The van der Waals surface area contributed by atoms with Crippen LogP contribution in [0.15, 0.2) is 36.5 Å². The number of carbonyl (C=O) groups excluding carboxylic acids is 2. The molecule has 132 valence electrons. The fourth-order valence-electron chi connectivity index (χ4n) is 2.01. The maximum absolute atomic E-state index is 12.2. The van der Waals surface area contributed by atoms with Crippen molar-refractivity contribution < 1.29 is 14.3 Å². The topological polar surface area (TPSA) is 68.3 Å². The normalized spacial score (nSPS) is 11.9. The third-order valence-electron chi connectivity index (χ3n) is 3.53. The van der Waals surface area contributed by atoms with Crippen molar-refractivity contribution in [1.82, 2.24) is 4.98 Å². The number of hydrogen-bond donors (Lipinski definition) is 1. The molecule has 0 aliphatic carbocycles. The number of halogens is 2. The van der Waals surface area contributed by atoms with Crippen molar-refractivity contribution in [2.24, 2.45) is 0 Å². The minimum Gasteiger partial charge on any atom is -0.449 e. The summed E-state index contributed by atoms with van der Waals surface area (Å²) in [7, 11) is 0. The Morgan fingerprint density at radius 3 is 2.32 bits per heavy atom. The van der Waals surface area contributed by atoms with Gasteiger partial charge in [-0.15, -0.1) is 0 Å². The van der Waals surface area contributed by atoms with Crippen molar-refractivity contribution in [3.05, 3.63) is 57.8 Å². The Hall–Kier alpha value is -2.11. The molecule has 0 fully saturated rings. The second kappa shape index (κ2) is 8.32. The van der Waals surface area contributed by atoms with Crippen LogP contribution in [-0.4, -0.2) is 23.0 Å². The summed E-state index contributed by atoms with van der Waals surface area (Å²) in [6.07, 6.45) is 0.262. The molecule has 0 saturated carbocycles. The first kappa shape index (κ1) is 19.2. The second-order valence-electron chi connectivity index (χ2n) is 5.81. The number of nitrogens with zero attached hydrogens (tertiary/aromatic N) is 1. The Balaban J connectivity index is 1.97. The molecule has 0 radical (unpaired) electrons. The van der Waals surface area contributed by atoms with Gasteiger partial charge in [-0.25, -0.2) is 9.78 Å². The summed E-state index contributed by atoms with van der Waals surface area (Å²) in [4.78, 5) is 28.0. The zero-order chi connectivity index (χ0) is 18.6. The van der Waals surface area contributed by atoms with Crippen molar-refractivity contribution >= 4 is 40.8 Å². The van der Waals surface area contributed by atoms with Crippen molar-refractivity contribution in [3.63, 3.8) is 0 Å². The van der Waals surface area contributed by atoms with Crippen molar-refractivity contribution in [1.29, 1.82) is 0 Å². The number of carbonyl (C=O) groups is 2. The van der Waals surface area contributed by atoms with Gasteiger partial charge in [-0.2, -0.15) is 0 Å². The number of ether oxygens (including phenoxy) is 1. The maximum Gasteiger partial charge on any atom is 0.340 e. The fourth-order valence-corrected chi connectivity index (χ4v) is 2.28. The van der Waals surface area contributed by atoms with Crippen molar-refractivity contribution in [3.8, 4) is 0 Å². The third kappa shape index (κ3) is 5.18. The molecule has 0 bridgehead atoms. The van der Waals surface area contributed by atoms with Crippen LogP contribution in [0.25, 0.3) is 0 Å². The highest BCUT2D eigenvalue weighted by molar-refractivity contribution is 6.41.